The fraction of sp³-hybridized carbons (Fsp3) is 0.235. The highest BCUT2D eigenvalue weighted by atomic mass is 35.5. The van der Waals surface area contributed by atoms with E-state index in [1.165, 1.54) is 0 Å². The SMILES string of the molecule is COc1cccc(OCCNC(=O)Cc2cccc(Cl)c2)c1. The number of amides is 1. The number of ether oxygens (including phenoxy) is 2. The maximum atomic E-state index is 11.8. The summed E-state index contributed by atoms with van der Waals surface area (Å²) in [5.41, 5.74) is 0.888. The van der Waals surface area contributed by atoms with Crippen molar-refractivity contribution in [2.45, 2.75) is 6.42 Å². The maximum absolute atomic E-state index is 11.8. The van der Waals surface area contributed by atoms with E-state index in [0.717, 1.165) is 11.3 Å². The molecular weight excluding hydrogens is 302 g/mol. The van der Waals surface area contributed by atoms with Crippen LogP contribution >= 0.6 is 11.6 Å². The van der Waals surface area contributed by atoms with Crippen LogP contribution in [0.4, 0.5) is 0 Å². The molecule has 0 spiro atoms. The molecule has 5 heteroatoms. The number of carbonyl (C=O) groups is 1. The van der Waals surface area contributed by atoms with E-state index in [1.807, 2.05) is 30.3 Å². The molecule has 0 atom stereocenters. The first-order chi connectivity index (χ1) is 10.7. The lowest BCUT2D eigenvalue weighted by Gasteiger charge is -2.09. The van der Waals surface area contributed by atoms with Crippen molar-refractivity contribution in [1.82, 2.24) is 5.32 Å². The normalized spacial score (nSPS) is 10.1. The number of benzene rings is 2. The first-order valence-corrected chi connectivity index (χ1v) is 7.33. The van der Waals surface area contributed by atoms with Crippen LogP contribution < -0.4 is 14.8 Å². The Morgan fingerprint density at radius 2 is 1.91 bits per heavy atom. The number of nitrogens with one attached hydrogen (secondary N) is 1. The molecule has 1 N–H and O–H groups in total. The van der Waals surface area contributed by atoms with Crippen LogP contribution in [0.25, 0.3) is 0 Å². The molecule has 22 heavy (non-hydrogen) atoms. The van der Waals surface area contributed by atoms with Gasteiger partial charge in [-0.15, -0.1) is 0 Å². The minimum atomic E-state index is -0.0588. The van der Waals surface area contributed by atoms with Crippen molar-refractivity contribution in [3.8, 4) is 11.5 Å². The first kappa shape index (κ1) is 16.2. The number of carbonyl (C=O) groups excluding carboxylic acids is 1. The van der Waals surface area contributed by atoms with Gasteiger partial charge < -0.3 is 14.8 Å². The van der Waals surface area contributed by atoms with Gasteiger partial charge in [-0.3, -0.25) is 4.79 Å². The molecule has 4 nitrogen and oxygen atoms in total. The summed E-state index contributed by atoms with van der Waals surface area (Å²) in [5, 5.41) is 3.44. The molecule has 0 radical (unpaired) electrons. The van der Waals surface area contributed by atoms with Crippen LogP contribution in [-0.4, -0.2) is 26.2 Å². The molecule has 0 unspecified atom stereocenters. The van der Waals surface area contributed by atoms with Gasteiger partial charge in [0.1, 0.15) is 18.1 Å². The van der Waals surface area contributed by atoms with Crippen molar-refractivity contribution in [3.63, 3.8) is 0 Å². The minimum absolute atomic E-state index is 0.0588. The summed E-state index contributed by atoms with van der Waals surface area (Å²) in [6, 6.07) is 14.6. The van der Waals surface area contributed by atoms with Gasteiger partial charge >= 0.3 is 0 Å². The third kappa shape index (κ3) is 5.30. The summed E-state index contributed by atoms with van der Waals surface area (Å²) in [4.78, 5) is 11.8. The van der Waals surface area contributed by atoms with Crippen molar-refractivity contribution in [1.29, 1.82) is 0 Å². The molecule has 2 aromatic carbocycles. The third-order valence-corrected chi connectivity index (χ3v) is 3.22. The Balaban J connectivity index is 1.70. The maximum Gasteiger partial charge on any atom is 0.224 e. The van der Waals surface area contributed by atoms with Crippen molar-refractivity contribution in [3.05, 3.63) is 59.1 Å². The molecule has 0 fully saturated rings. The zero-order valence-electron chi connectivity index (χ0n) is 12.3. The standard InChI is InChI=1S/C17H18ClNO3/c1-21-15-6-3-7-16(12-15)22-9-8-19-17(20)11-13-4-2-5-14(18)10-13/h2-7,10,12H,8-9,11H2,1H3,(H,19,20). The minimum Gasteiger partial charge on any atom is -0.497 e. The molecule has 0 aliphatic heterocycles. The van der Waals surface area contributed by atoms with Crippen LogP contribution in [0.1, 0.15) is 5.56 Å². The quantitative estimate of drug-likeness (QED) is 0.798. The van der Waals surface area contributed by atoms with Crippen LogP contribution in [0.5, 0.6) is 11.5 Å². The van der Waals surface area contributed by atoms with E-state index >= 15 is 0 Å². The average Bonchev–Trinajstić information content (AvgIpc) is 2.52. The molecule has 0 bridgehead atoms. The number of hydrogen-bond donors (Lipinski definition) is 1. The Bertz CT molecular complexity index is 631. The van der Waals surface area contributed by atoms with E-state index in [-0.39, 0.29) is 5.91 Å². The van der Waals surface area contributed by atoms with E-state index in [0.29, 0.717) is 30.3 Å². The van der Waals surface area contributed by atoms with Crippen LogP contribution in [-0.2, 0) is 11.2 Å². The Kier molecular flexibility index (Phi) is 6.10. The fourth-order valence-electron chi connectivity index (χ4n) is 1.95. The molecule has 0 saturated carbocycles. The monoisotopic (exact) mass is 319 g/mol. The zero-order valence-corrected chi connectivity index (χ0v) is 13.1. The lowest BCUT2D eigenvalue weighted by atomic mass is 10.1. The van der Waals surface area contributed by atoms with Gasteiger partial charge in [-0.2, -0.15) is 0 Å². The molecule has 2 aromatic rings. The van der Waals surface area contributed by atoms with E-state index in [1.54, 1.807) is 25.3 Å². The highest BCUT2D eigenvalue weighted by molar-refractivity contribution is 6.30. The van der Waals surface area contributed by atoms with Crippen molar-refractivity contribution >= 4 is 17.5 Å². The Labute approximate surface area is 135 Å². The number of hydrogen-bond acceptors (Lipinski definition) is 3. The Morgan fingerprint density at radius 1 is 1.14 bits per heavy atom. The molecule has 2 rings (SSSR count). The molecule has 0 heterocycles. The van der Waals surface area contributed by atoms with Crippen LogP contribution in [0.2, 0.25) is 5.02 Å². The fourth-order valence-corrected chi connectivity index (χ4v) is 2.16. The largest absolute Gasteiger partial charge is 0.497 e. The Morgan fingerprint density at radius 3 is 2.68 bits per heavy atom. The number of methoxy groups -OCH3 is 1. The Hall–Kier alpha value is -2.20. The van der Waals surface area contributed by atoms with Gasteiger partial charge in [0.15, 0.2) is 0 Å². The van der Waals surface area contributed by atoms with E-state index in [4.69, 9.17) is 21.1 Å². The molecule has 0 aliphatic rings. The van der Waals surface area contributed by atoms with Crippen molar-refractivity contribution < 1.29 is 14.3 Å². The topological polar surface area (TPSA) is 47.6 Å². The van der Waals surface area contributed by atoms with Crippen LogP contribution in [0.15, 0.2) is 48.5 Å². The summed E-state index contributed by atoms with van der Waals surface area (Å²) in [6.45, 7) is 0.838. The first-order valence-electron chi connectivity index (χ1n) is 6.95. The van der Waals surface area contributed by atoms with Gasteiger partial charge in [0.25, 0.3) is 0 Å². The second-order valence-electron chi connectivity index (χ2n) is 4.68. The second kappa shape index (κ2) is 8.29. The van der Waals surface area contributed by atoms with Gasteiger partial charge in [0.05, 0.1) is 20.1 Å². The van der Waals surface area contributed by atoms with Gasteiger partial charge in [0.2, 0.25) is 5.91 Å². The molecule has 116 valence electrons. The van der Waals surface area contributed by atoms with Gasteiger partial charge in [-0.1, -0.05) is 29.8 Å². The smallest absolute Gasteiger partial charge is 0.224 e. The summed E-state index contributed by atoms with van der Waals surface area (Å²) >= 11 is 5.89. The summed E-state index contributed by atoms with van der Waals surface area (Å²) in [5.74, 6) is 1.39. The molecule has 0 saturated heterocycles. The van der Waals surface area contributed by atoms with Crippen LogP contribution in [0, 0.1) is 0 Å². The molecule has 1 amide bonds. The molecule has 0 aromatic heterocycles. The number of halogens is 1. The van der Waals surface area contributed by atoms with Gasteiger partial charge in [-0.25, -0.2) is 0 Å². The summed E-state index contributed by atoms with van der Waals surface area (Å²) in [7, 11) is 1.61. The van der Waals surface area contributed by atoms with E-state index in [9.17, 15) is 4.79 Å². The zero-order chi connectivity index (χ0) is 15.8. The average molecular weight is 320 g/mol. The predicted molar refractivity (Wildman–Crippen MR) is 86.7 cm³/mol. The summed E-state index contributed by atoms with van der Waals surface area (Å²) in [6.07, 6.45) is 0.305. The lowest BCUT2D eigenvalue weighted by Crippen LogP contribution is -2.29. The highest BCUT2D eigenvalue weighted by Gasteiger charge is 2.03. The predicted octanol–water partition coefficient (Wildman–Crippen LogP) is 3.09. The van der Waals surface area contributed by atoms with E-state index in [2.05, 4.69) is 5.32 Å². The molecule has 0 aliphatic carbocycles. The van der Waals surface area contributed by atoms with Crippen LogP contribution in [0.3, 0.4) is 0 Å². The highest BCUT2D eigenvalue weighted by Crippen LogP contribution is 2.18. The van der Waals surface area contributed by atoms with Crippen molar-refractivity contribution in [2.75, 3.05) is 20.3 Å². The number of rotatable bonds is 7. The molecular formula is C17H18ClNO3. The third-order valence-electron chi connectivity index (χ3n) is 2.99. The lowest BCUT2D eigenvalue weighted by molar-refractivity contribution is -0.120. The summed E-state index contributed by atoms with van der Waals surface area (Å²) < 4.78 is 10.7. The van der Waals surface area contributed by atoms with Crippen molar-refractivity contribution in [2.24, 2.45) is 0 Å². The second-order valence-corrected chi connectivity index (χ2v) is 5.12. The van der Waals surface area contributed by atoms with E-state index < -0.39 is 0 Å². The van der Waals surface area contributed by atoms with Gasteiger partial charge in [0, 0.05) is 11.1 Å². The van der Waals surface area contributed by atoms with Gasteiger partial charge in [-0.05, 0) is 29.8 Å².